The molecule has 0 aromatic carbocycles. The van der Waals surface area contributed by atoms with Gasteiger partial charge in [0, 0.05) is 26.1 Å². The number of aromatic nitrogens is 2. The molecule has 2 atom stereocenters. The molecule has 0 bridgehead atoms. The third-order valence-electron chi connectivity index (χ3n) is 3.88. The molecule has 1 aromatic heterocycles. The van der Waals surface area contributed by atoms with Crippen molar-refractivity contribution in [1.29, 1.82) is 0 Å². The highest BCUT2D eigenvalue weighted by atomic mass is 16.6. The largest absolute Gasteiger partial charge is 0.459 e. The van der Waals surface area contributed by atoms with Crippen LogP contribution in [0.25, 0.3) is 0 Å². The number of rotatable bonds is 3. The first-order valence-electron chi connectivity index (χ1n) is 7.70. The molecule has 0 aliphatic carbocycles. The Morgan fingerprint density at radius 3 is 2.73 bits per heavy atom. The number of piperidine rings is 1. The van der Waals surface area contributed by atoms with Crippen LogP contribution in [0.4, 0.5) is 11.5 Å². The molecule has 1 saturated heterocycles. The third-order valence-corrected chi connectivity index (χ3v) is 3.88. The molecular formula is C15H27N5O2. The first-order valence-corrected chi connectivity index (χ1v) is 7.70. The molecular weight excluding hydrogens is 282 g/mol. The van der Waals surface area contributed by atoms with Gasteiger partial charge >= 0.3 is 5.97 Å². The van der Waals surface area contributed by atoms with Gasteiger partial charge in [-0.1, -0.05) is 0 Å². The summed E-state index contributed by atoms with van der Waals surface area (Å²) in [6, 6.07) is -0.614. The monoisotopic (exact) mass is 309 g/mol. The average Bonchev–Trinajstić information content (AvgIpc) is 2.75. The van der Waals surface area contributed by atoms with Crippen molar-refractivity contribution in [2.24, 2.45) is 18.7 Å². The smallest absolute Gasteiger partial charge is 0.323 e. The lowest BCUT2D eigenvalue weighted by atomic mass is 9.91. The first-order chi connectivity index (χ1) is 10.2. The van der Waals surface area contributed by atoms with E-state index in [4.69, 9.17) is 16.2 Å². The van der Waals surface area contributed by atoms with E-state index in [1.807, 2.05) is 27.8 Å². The molecule has 2 rings (SSSR count). The van der Waals surface area contributed by atoms with Crippen LogP contribution in [0.5, 0.6) is 0 Å². The third kappa shape index (κ3) is 3.71. The molecule has 4 N–H and O–H groups in total. The predicted octanol–water partition coefficient (Wildman–Crippen LogP) is 0.888. The normalized spacial score (nSPS) is 20.8. The van der Waals surface area contributed by atoms with Crippen LogP contribution >= 0.6 is 0 Å². The molecule has 0 saturated carbocycles. The quantitative estimate of drug-likeness (QED) is 0.804. The Morgan fingerprint density at radius 2 is 2.18 bits per heavy atom. The van der Waals surface area contributed by atoms with E-state index in [0.29, 0.717) is 12.2 Å². The van der Waals surface area contributed by atoms with Crippen molar-refractivity contribution in [2.45, 2.75) is 45.3 Å². The van der Waals surface area contributed by atoms with Gasteiger partial charge in [0.2, 0.25) is 0 Å². The fraction of sp³-hybridized carbons (Fsp3) is 0.733. The fourth-order valence-electron chi connectivity index (χ4n) is 2.89. The Morgan fingerprint density at radius 1 is 1.50 bits per heavy atom. The summed E-state index contributed by atoms with van der Waals surface area (Å²) >= 11 is 0. The van der Waals surface area contributed by atoms with Crippen LogP contribution in [-0.4, -0.2) is 40.5 Å². The van der Waals surface area contributed by atoms with Gasteiger partial charge in [-0.15, -0.1) is 0 Å². The lowest BCUT2D eigenvalue weighted by Crippen LogP contribution is -2.49. The van der Waals surface area contributed by atoms with Gasteiger partial charge in [-0.05, 0) is 33.6 Å². The Kier molecular flexibility index (Phi) is 4.65. The highest BCUT2D eigenvalue weighted by Gasteiger charge is 2.33. The van der Waals surface area contributed by atoms with Crippen LogP contribution in [-0.2, 0) is 16.6 Å². The summed E-state index contributed by atoms with van der Waals surface area (Å²) in [5, 5.41) is 4.17. The van der Waals surface area contributed by atoms with Crippen molar-refractivity contribution in [3.05, 3.63) is 6.20 Å². The van der Waals surface area contributed by atoms with E-state index in [9.17, 15) is 4.79 Å². The molecule has 1 aliphatic heterocycles. The Labute approximate surface area is 131 Å². The van der Waals surface area contributed by atoms with E-state index in [-0.39, 0.29) is 11.9 Å². The lowest BCUT2D eigenvalue weighted by molar-refractivity contribution is -0.158. The topological polar surface area (TPSA) is 99.4 Å². The number of esters is 1. The number of nitrogen functional groups attached to an aromatic ring is 1. The molecule has 1 unspecified atom stereocenters. The summed E-state index contributed by atoms with van der Waals surface area (Å²) in [6.07, 6.45) is 3.52. The number of nitrogens with zero attached hydrogens (tertiary/aromatic N) is 3. The van der Waals surface area contributed by atoms with Crippen LogP contribution in [0.15, 0.2) is 6.20 Å². The second-order valence-electron chi connectivity index (χ2n) is 6.95. The molecule has 124 valence electrons. The predicted molar refractivity (Wildman–Crippen MR) is 86.4 cm³/mol. The van der Waals surface area contributed by atoms with Gasteiger partial charge in [0.25, 0.3) is 0 Å². The maximum atomic E-state index is 12.2. The van der Waals surface area contributed by atoms with Crippen molar-refractivity contribution < 1.29 is 9.53 Å². The summed E-state index contributed by atoms with van der Waals surface area (Å²) in [7, 11) is 1.86. The number of anilines is 2. The van der Waals surface area contributed by atoms with Crippen LogP contribution in [0.2, 0.25) is 0 Å². The summed E-state index contributed by atoms with van der Waals surface area (Å²) in [5.74, 6) is 0.608. The van der Waals surface area contributed by atoms with Crippen LogP contribution in [0, 0.1) is 5.92 Å². The Hall–Kier alpha value is -1.76. The second-order valence-corrected chi connectivity index (χ2v) is 6.95. The van der Waals surface area contributed by atoms with Crippen molar-refractivity contribution in [2.75, 3.05) is 23.7 Å². The highest BCUT2D eigenvalue weighted by Crippen LogP contribution is 2.28. The van der Waals surface area contributed by atoms with Gasteiger partial charge in [0.1, 0.15) is 17.5 Å². The zero-order chi connectivity index (χ0) is 16.5. The molecule has 1 fully saturated rings. The summed E-state index contributed by atoms with van der Waals surface area (Å²) in [5.41, 5.74) is 12.3. The minimum atomic E-state index is -0.614. The maximum absolute atomic E-state index is 12.2. The van der Waals surface area contributed by atoms with Gasteiger partial charge in [0.15, 0.2) is 0 Å². The van der Waals surface area contributed by atoms with Gasteiger partial charge in [-0.2, -0.15) is 5.10 Å². The number of ether oxygens (including phenoxy) is 1. The molecule has 0 amide bonds. The van der Waals surface area contributed by atoms with E-state index >= 15 is 0 Å². The number of carbonyl (C=O) groups is 1. The lowest BCUT2D eigenvalue weighted by Gasteiger charge is -2.36. The standard InChI is InChI=1S/C15H27N5O2/c1-15(2,3)22-14(21)12(17)10-6-5-7-20(9-10)13-11(16)8-18-19(13)4/h8,10,12H,5-7,9,16-17H2,1-4H3/t10-,12?/m0/s1. The van der Waals surface area contributed by atoms with E-state index in [1.165, 1.54) is 0 Å². The van der Waals surface area contributed by atoms with Gasteiger partial charge in [-0.25, -0.2) is 0 Å². The zero-order valence-corrected chi connectivity index (χ0v) is 13.9. The molecule has 0 spiro atoms. The number of hydrogen-bond donors (Lipinski definition) is 2. The highest BCUT2D eigenvalue weighted by molar-refractivity contribution is 5.76. The van der Waals surface area contributed by atoms with Crippen molar-refractivity contribution in [1.82, 2.24) is 9.78 Å². The summed E-state index contributed by atoms with van der Waals surface area (Å²) in [6.45, 7) is 7.12. The molecule has 1 aliphatic rings. The van der Waals surface area contributed by atoms with Crippen molar-refractivity contribution in [3.63, 3.8) is 0 Å². The minimum Gasteiger partial charge on any atom is -0.459 e. The molecule has 1 aromatic rings. The van der Waals surface area contributed by atoms with Gasteiger partial charge < -0.3 is 21.1 Å². The van der Waals surface area contributed by atoms with Crippen molar-refractivity contribution >= 4 is 17.5 Å². The van der Waals surface area contributed by atoms with E-state index < -0.39 is 11.6 Å². The van der Waals surface area contributed by atoms with E-state index in [1.54, 1.807) is 10.9 Å². The number of aryl methyl sites for hydroxylation is 1. The van der Waals surface area contributed by atoms with Gasteiger partial charge in [0.05, 0.1) is 11.9 Å². The van der Waals surface area contributed by atoms with Crippen LogP contribution in [0.3, 0.4) is 0 Å². The van der Waals surface area contributed by atoms with Crippen molar-refractivity contribution in [3.8, 4) is 0 Å². The molecule has 7 heteroatoms. The minimum absolute atomic E-state index is 0.0536. The van der Waals surface area contributed by atoms with Gasteiger partial charge in [-0.3, -0.25) is 9.48 Å². The number of nitrogens with two attached hydrogens (primary N) is 2. The SMILES string of the molecule is Cn1ncc(N)c1N1CCC[C@H](C(N)C(=O)OC(C)(C)C)C1. The number of carbonyl (C=O) groups excluding carboxylic acids is 1. The average molecular weight is 309 g/mol. The molecule has 7 nitrogen and oxygen atoms in total. The fourth-order valence-corrected chi connectivity index (χ4v) is 2.89. The molecule has 0 radical (unpaired) electrons. The number of hydrogen-bond acceptors (Lipinski definition) is 6. The Balaban J connectivity index is 2.06. The molecule has 2 heterocycles. The summed E-state index contributed by atoms with van der Waals surface area (Å²) in [4.78, 5) is 14.3. The molecule has 22 heavy (non-hydrogen) atoms. The van der Waals surface area contributed by atoms with Crippen LogP contribution in [0.1, 0.15) is 33.6 Å². The van der Waals surface area contributed by atoms with E-state index in [2.05, 4.69) is 10.00 Å². The summed E-state index contributed by atoms with van der Waals surface area (Å²) < 4.78 is 7.16. The zero-order valence-electron chi connectivity index (χ0n) is 13.9. The maximum Gasteiger partial charge on any atom is 0.323 e. The van der Waals surface area contributed by atoms with Crippen LogP contribution < -0.4 is 16.4 Å². The first kappa shape index (κ1) is 16.6. The Bertz CT molecular complexity index is 515. The second kappa shape index (κ2) is 6.16. The van der Waals surface area contributed by atoms with E-state index in [0.717, 1.165) is 25.2 Å².